The SMILES string of the molecule is Cc1nc(-c2ccccc2)ccc1C(=O)N1CCC(c2nc3ccccc3[nH]2)CC1. The summed E-state index contributed by atoms with van der Waals surface area (Å²) in [6.45, 7) is 3.39. The lowest BCUT2D eigenvalue weighted by Crippen LogP contribution is -2.38. The number of carbonyl (C=O) groups is 1. The number of nitrogens with zero attached hydrogens (tertiary/aromatic N) is 3. The van der Waals surface area contributed by atoms with E-state index in [9.17, 15) is 4.79 Å². The van der Waals surface area contributed by atoms with E-state index in [0.717, 1.165) is 59.7 Å². The van der Waals surface area contributed by atoms with Gasteiger partial charge in [0.25, 0.3) is 5.91 Å². The molecule has 2 aromatic carbocycles. The van der Waals surface area contributed by atoms with Gasteiger partial charge in [0, 0.05) is 24.6 Å². The van der Waals surface area contributed by atoms with Crippen molar-refractivity contribution in [3.8, 4) is 11.3 Å². The minimum atomic E-state index is 0.0719. The van der Waals surface area contributed by atoms with Gasteiger partial charge < -0.3 is 9.88 Å². The highest BCUT2D eigenvalue weighted by Gasteiger charge is 2.27. The highest BCUT2D eigenvalue weighted by Crippen LogP contribution is 2.29. The predicted octanol–water partition coefficient (Wildman–Crippen LogP) is 4.95. The molecule has 0 saturated carbocycles. The topological polar surface area (TPSA) is 61.9 Å². The molecule has 0 spiro atoms. The maximum Gasteiger partial charge on any atom is 0.255 e. The van der Waals surface area contributed by atoms with Gasteiger partial charge in [0.1, 0.15) is 5.82 Å². The zero-order valence-electron chi connectivity index (χ0n) is 17.0. The molecule has 3 heterocycles. The number of imidazole rings is 1. The summed E-state index contributed by atoms with van der Waals surface area (Å²) in [7, 11) is 0. The maximum atomic E-state index is 13.1. The molecule has 1 N–H and O–H groups in total. The Labute approximate surface area is 175 Å². The molecule has 5 rings (SSSR count). The number of aromatic nitrogens is 3. The monoisotopic (exact) mass is 396 g/mol. The lowest BCUT2D eigenvalue weighted by atomic mass is 9.95. The molecule has 0 radical (unpaired) electrons. The number of aromatic amines is 1. The van der Waals surface area contributed by atoms with Gasteiger partial charge in [0.05, 0.1) is 28.0 Å². The number of rotatable bonds is 3. The molecule has 2 aromatic heterocycles. The van der Waals surface area contributed by atoms with E-state index in [2.05, 4.69) is 16.0 Å². The molecule has 5 heteroatoms. The van der Waals surface area contributed by atoms with Crippen LogP contribution in [0.3, 0.4) is 0 Å². The van der Waals surface area contributed by atoms with Crippen molar-refractivity contribution in [1.29, 1.82) is 0 Å². The molecule has 1 amide bonds. The standard InChI is InChI=1S/C25H24N4O/c1-17-20(11-12-21(26-17)18-7-3-2-4-8-18)25(30)29-15-13-19(14-16-29)24-27-22-9-5-6-10-23(22)28-24/h2-12,19H,13-16H2,1H3,(H,27,28). The van der Waals surface area contributed by atoms with Crippen LogP contribution in [0.1, 0.15) is 40.6 Å². The molecule has 0 aliphatic carbocycles. The minimum Gasteiger partial charge on any atom is -0.342 e. The molecule has 1 fully saturated rings. The number of likely N-dealkylation sites (tertiary alicyclic amines) is 1. The molecular formula is C25H24N4O. The Kier molecular flexibility index (Phi) is 4.79. The van der Waals surface area contributed by atoms with Crippen molar-refractivity contribution in [2.24, 2.45) is 0 Å². The lowest BCUT2D eigenvalue weighted by Gasteiger charge is -2.31. The average Bonchev–Trinajstić information content (AvgIpc) is 3.24. The van der Waals surface area contributed by atoms with Gasteiger partial charge in [-0.1, -0.05) is 42.5 Å². The zero-order valence-corrected chi connectivity index (χ0v) is 17.0. The van der Waals surface area contributed by atoms with Gasteiger partial charge >= 0.3 is 0 Å². The van der Waals surface area contributed by atoms with Gasteiger partial charge in [-0.3, -0.25) is 9.78 Å². The maximum absolute atomic E-state index is 13.1. The van der Waals surface area contributed by atoms with E-state index in [1.807, 2.05) is 72.5 Å². The summed E-state index contributed by atoms with van der Waals surface area (Å²) in [6, 6.07) is 22.0. The van der Waals surface area contributed by atoms with E-state index in [1.54, 1.807) is 0 Å². The molecular weight excluding hydrogens is 372 g/mol. The zero-order chi connectivity index (χ0) is 20.5. The summed E-state index contributed by atoms with van der Waals surface area (Å²) in [5, 5.41) is 0. The highest BCUT2D eigenvalue weighted by atomic mass is 16.2. The molecule has 0 unspecified atom stereocenters. The summed E-state index contributed by atoms with van der Waals surface area (Å²) in [4.78, 5) is 27.9. The van der Waals surface area contributed by atoms with Crippen LogP contribution >= 0.6 is 0 Å². The van der Waals surface area contributed by atoms with Crippen molar-refractivity contribution in [3.63, 3.8) is 0 Å². The van der Waals surface area contributed by atoms with Crippen LogP contribution in [0.5, 0.6) is 0 Å². The van der Waals surface area contributed by atoms with Crippen molar-refractivity contribution < 1.29 is 4.79 Å². The summed E-state index contributed by atoms with van der Waals surface area (Å²) in [6.07, 6.45) is 1.83. The summed E-state index contributed by atoms with van der Waals surface area (Å²) in [5.74, 6) is 1.47. The lowest BCUT2D eigenvalue weighted by molar-refractivity contribution is 0.0710. The fourth-order valence-electron chi connectivity index (χ4n) is 4.25. The van der Waals surface area contributed by atoms with Crippen LogP contribution in [0.2, 0.25) is 0 Å². The third kappa shape index (κ3) is 3.47. The van der Waals surface area contributed by atoms with Crippen LogP contribution in [-0.4, -0.2) is 38.8 Å². The second kappa shape index (κ2) is 7.75. The first kappa shape index (κ1) is 18.6. The van der Waals surface area contributed by atoms with Crippen LogP contribution in [0, 0.1) is 6.92 Å². The number of para-hydroxylation sites is 2. The summed E-state index contributed by atoms with van der Waals surface area (Å²) in [5.41, 5.74) is 5.51. The van der Waals surface area contributed by atoms with Crippen molar-refractivity contribution in [2.45, 2.75) is 25.7 Å². The first-order chi connectivity index (χ1) is 14.7. The van der Waals surface area contributed by atoms with Gasteiger partial charge in [-0.2, -0.15) is 0 Å². The van der Waals surface area contributed by atoms with Gasteiger partial charge in [-0.25, -0.2) is 4.98 Å². The number of aryl methyl sites for hydroxylation is 1. The van der Waals surface area contributed by atoms with E-state index in [0.29, 0.717) is 11.5 Å². The van der Waals surface area contributed by atoms with Crippen LogP contribution in [0.25, 0.3) is 22.3 Å². The van der Waals surface area contributed by atoms with Crippen molar-refractivity contribution in [1.82, 2.24) is 19.9 Å². The number of H-pyrrole nitrogens is 1. The first-order valence-electron chi connectivity index (χ1n) is 10.5. The number of hydrogen-bond donors (Lipinski definition) is 1. The van der Waals surface area contributed by atoms with E-state index < -0.39 is 0 Å². The molecule has 30 heavy (non-hydrogen) atoms. The van der Waals surface area contributed by atoms with Crippen molar-refractivity contribution in [3.05, 3.63) is 83.8 Å². The smallest absolute Gasteiger partial charge is 0.255 e. The Morgan fingerprint density at radius 2 is 1.67 bits per heavy atom. The largest absolute Gasteiger partial charge is 0.342 e. The Morgan fingerprint density at radius 3 is 2.40 bits per heavy atom. The van der Waals surface area contributed by atoms with Crippen molar-refractivity contribution >= 4 is 16.9 Å². The summed E-state index contributed by atoms with van der Waals surface area (Å²) >= 11 is 0. The van der Waals surface area contributed by atoms with Gasteiger partial charge in [0.15, 0.2) is 0 Å². The third-order valence-corrected chi connectivity index (χ3v) is 5.96. The Balaban J connectivity index is 1.28. The van der Waals surface area contributed by atoms with E-state index >= 15 is 0 Å². The molecule has 1 aliphatic heterocycles. The van der Waals surface area contributed by atoms with E-state index in [-0.39, 0.29) is 5.91 Å². The van der Waals surface area contributed by atoms with E-state index in [4.69, 9.17) is 4.98 Å². The number of piperidine rings is 1. The number of pyridine rings is 1. The van der Waals surface area contributed by atoms with Crippen LogP contribution in [-0.2, 0) is 0 Å². The third-order valence-electron chi connectivity index (χ3n) is 5.96. The fourth-order valence-corrected chi connectivity index (χ4v) is 4.25. The Hall–Kier alpha value is -3.47. The second-order valence-electron chi connectivity index (χ2n) is 7.90. The van der Waals surface area contributed by atoms with Crippen molar-refractivity contribution in [2.75, 3.05) is 13.1 Å². The predicted molar refractivity (Wildman–Crippen MR) is 118 cm³/mol. The molecule has 150 valence electrons. The number of fused-ring (bicyclic) bond motifs is 1. The quantitative estimate of drug-likeness (QED) is 0.533. The molecule has 0 bridgehead atoms. The van der Waals surface area contributed by atoms with Gasteiger partial charge in [0.2, 0.25) is 0 Å². The first-order valence-corrected chi connectivity index (χ1v) is 10.5. The summed E-state index contributed by atoms with van der Waals surface area (Å²) < 4.78 is 0. The fraction of sp³-hybridized carbons (Fsp3) is 0.240. The van der Waals surface area contributed by atoms with Crippen LogP contribution in [0.4, 0.5) is 0 Å². The second-order valence-corrected chi connectivity index (χ2v) is 7.90. The van der Waals surface area contributed by atoms with Gasteiger partial charge in [-0.05, 0) is 44.0 Å². The highest BCUT2D eigenvalue weighted by molar-refractivity contribution is 5.95. The number of amides is 1. The minimum absolute atomic E-state index is 0.0719. The average molecular weight is 396 g/mol. The molecule has 0 atom stereocenters. The Bertz CT molecular complexity index is 1160. The molecule has 1 aliphatic rings. The molecule has 4 aromatic rings. The Morgan fingerprint density at radius 1 is 0.933 bits per heavy atom. The number of benzene rings is 2. The van der Waals surface area contributed by atoms with Gasteiger partial charge in [-0.15, -0.1) is 0 Å². The number of carbonyl (C=O) groups excluding carboxylic acids is 1. The molecule has 5 nitrogen and oxygen atoms in total. The number of nitrogens with one attached hydrogen (secondary N) is 1. The van der Waals surface area contributed by atoms with Crippen LogP contribution in [0.15, 0.2) is 66.7 Å². The van der Waals surface area contributed by atoms with E-state index in [1.165, 1.54) is 0 Å². The molecule has 1 saturated heterocycles. The normalized spacial score (nSPS) is 14.9. The van der Waals surface area contributed by atoms with Crippen LogP contribution < -0.4 is 0 Å². The number of hydrogen-bond acceptors (Lipinski definition) is 3.